The number of carboxylic acids is 1. The van der Waals surface area contributed by atoms with Gasteiger partial charge in [-0.2, -0.15) is 0 Å². The van der Waals surface area contributed by atoms with E-state index in [1.807, 2.05) is 0 Å². The summed E-state index contributed by atoms with van der Waals surface area (Å²) in [4.78, 5) is 12.7. The highest BCUT2D eigenvalue weighted by Crippen LogP contribution is 2.13. The van der Waals surface area contributed by atoms with Crippen molar-refractivity contribution in [1.82, 2.24) is 4.90 Å². The summed E-state index contributed by atoms with van der Waals surface area (Å²) < 4.78 is 0. The lowest BCUT2D eigenvalue weighted by Crippen LogP contribution is -2.27. The highest BCUT2D eigenvalue weighted by atomic mass is 16.4. The average Bonchev–Trinajstić information content (AvgIpc) is 2.23. The summed E-state index contributed by atoms with van der Waals surface area (Å²) in [7, 11) is 2.09. The zero-order chi connectivity index (χ0) is 12.4. The Hall–Kier alpha value is -0.570. The number of carboxylic acid groups (broad SMARTS) is 1. The van der Waals surface area contributed by atoms with E-state index < -0.39 is 5.97 Å². The molecular formula is C13H27NO2. The first-order chi connectivity index (χ1) is 7.60. The van der Waals surface area contributed by atoms with E-state index in [4.69, 9.17) is 5.11 Å². The molecule has 0 rings (SSSR count). The molecule has 0 fully saturated rings. The van der Waals surface area contributed by atoms with Crippen LogP contribution in [0.1, 0.15) is 52.4 Å². The van der Waals surface area contributed by atoms with Crippen LogP contribution in [0.25, 0.3) is 0 Å². The normalized spacial score (nSPS) is 13.0. The molecule has 0 aromatic rings. The molecule has 0 bridgehead atoms. The molecular weight excluding hydrogens is 202 g/mol. The Bertz CT molecular complexity index is 183. The molecule has 0 saturated carbocycles. The molecule has 96 valence electrons. The molecule has 1 atom stereocenters. The third-order valence-electron chi connectivity index (χ3n) is 3.04. The number of nitrogens with zero attached hydrogens (tertiary/aromatic N) is 1. The summed E-state index contributed by atoms with van der Waals surface area (Å²) in [5, 5.41) is 8.55. The summed E-state index contributed by atoms with van der Waals surface area (Å²) in [5.74, 6) is 0.0844. The molecule has 0 saturated heterocycles. The van der Waals surface area contributed by atoms with E-state index in [2.05, 4.69) is 25.8 Å². The smallest absolute Gasteiger partial charge is 0.303 e. The molecule has 3 heteroatoms. The Balaban J connectivity index is 3.64. The second-order valence-electron chi connectivity index (χ2n) is 4.68. The second-order valence-corrected chi connectivity index (χ2v) is 4.68. The number of unbranched alkanes of at least 4 members (excludes halogenated alkanes) is 1. The van der Waals surface area contributed by atoms with Crippen LogP contribution in [0, 0.1) is 5.92 Å². The number of aliphatic carboxylic acids is 1. The van der Waals surface area contributed by atoms with Gasteiger partial charge in [-0.05, 0) is 32.4 Å². The molecule has 3 nitrogen and oxygen atoms in total. The van der Waals surface area contributed by atoms with Crippen LogP contribution in [0.15, 0.2) is 0 Å². The number of hydrogen-bond acceptors (Lipinski definition) is 2. The Kier molecular flexibility index (Phi) is 9.30. The summed E-state index contributed by atoms with van der Waals surface area (Å²) >= 11 is 0. The third kappa shape index (κ3) is 8.72. The molecule has 0 heterocycles. The van der Waals surface area contributed by atoms with E-state index in [1.165, 1.54) is 25.7 Å². The van der Waals surface area contributed by atoms with Gasteiger partial charge in [0.2, 0.25) is 0 Å². The maximum Gasteiger partial charge on any atom is 0.303 e. The molecule has 0 aromatic carbocycles. The van der Waals surface area contributed by atoms with Crippen molar-refractivity contribution in [1.29, 1.82) is 0 Å². The number of carbonyl (C=O) groups is 1. The van der Waals surface area contributed by atoms with Crippen LogP contribution < -0.4 is 0 Å². The van der Waals surface area contributed by atoms with Crippen LogP contribution in [-0.4, -0.2) is 36.1 Å². The van der Waals surface area contributed by atoms with Crippen molar-refractivity contribution in [3.8, 4) is 0 Å². The van der Waals surface area contributed by atoms with Gasteiger partial charge in [-0.1, -0.05) is 33.1 Å². The predicted octanol–water partition coefficient (Wildman–Crippen LogP) is 3.00. The first-order valence-electron chi connectivity index (χ1n) is 6.50. The molecule has 0 aliphatic heterocycles. The minimum absolute atomic E-state index is 0.288. The van der Waals surface area contributed by atoms with Crippen LogP contribution in [0.4, 0.5) is 0 Å². The summed E-state index contributed by atoms with van der Waals surface area (Å²) in [6.07, 6.45) is 6.15. The molecule has 0 radical (unpaired) electrons. The van der Waals surface area contributed by atoms with Gasteiger partial charge in [0.15, 0.2) is 0 Å². The van der Waals surface area contributed by atoms with E-state index >= 15 is 0 Å². The van der Waals surface area contributed by atoms with Gasteiger partial charge in [0.25, 0.3) is 0 Å². The number of rotatable bonds is 10. The topological polar surface area (TPSA) is 40.5 Å². The maximum atomic E-state index is 10.4. The highest BCUT2D eigenvalue weighted by Gasteiger charge is 2.09. The molecule has 0 aromatic heterocycles. The molecule has 0 amide bonds. The van der Waals surface area contributed by atoms with Gasteiger partial charge < -0.3 is 10.0 Å². The summed E-state index contributed by atoms with van der Waals surface area (Å²) in [6.45, 7) is 6.47. The van der Waals surface area contributed by atoms with E-state index in [0.717, 1.165) is 25.4 Å². The van der Waals surface area contributed by atoms with Gasteiger partial charge >= 0.3 is 5.97 Å². The highest BCUT2D eigenvalue weighted by molar-refractivity contribution is 5.66. The lowest BCUT2D eigenvalue weighted by molar-refractivity contribution is -0.137. The van der Waals surface area contributed by atoms with Crippen LogP contribution >= 0.6 is 0 Å². The van der Waals surface area contributed by atoms with Crippen molar-refractivity contribution in [2.45, 2.75) is 52.4 Å². The van der Waals surface area contributed by atoms with E-state index in [-0.39, 0.29) is 6.42 Å². The van der Waals surface area contributed by atoms with Gasteiger partial charge in [-0.15, -0.1) is 0 Å². The SMILES string of the molecule is CCCCC(CC)CN(C)CCCC(=O)O. The van der Waals surface area contributed by atoms with E-state index in [9.17, 15) is 4.79 Å². The van der Waals surface area contributed by atoms with Crippen molar-refractivity contribution >= 4 is 5.97 Å². The average molecular weight is 229 g/mol. The molecule has 1 unspecified atom stereocenters. The fourth-order valence-electron chi connectivity index (χ4n) is 1.95. The van der Waals surface area contributed by atoms with Gasteiger partial charge in [0, 0.05) is 13.0 Å². The summed E-state index contributed by atoms with van der Waals surface area (Å²) in [6, 6.07) is 0. The molecule has 16 heavy (non-hydrogen) atoms. The lowest BCUT2D eigenvalue weighted by atomic mass is 9.99. The monoisotopic (exact) mass is 229 g/mol. The van der Waals surface area contributed by atoms with Crippen LogP contribution in [0.5, 0.6) is 0 Å². The fourth-order valence-corrected chi connectivity index (χ4v) is 1.95. The zero-order valence-electron chi connectivity index (χ0n) is 11.0. The van der Waals surface area contributed by atoms with Crippen molar-refractivity contribution in [2.75, 3.05) is 20.1 Å². The maximum absolute atomic E-state index is 10.4. The van der Waals surface area contributed by atoms with Crippen LogP contribution in [0.3, 0.4) is 0 Å². The Morgan fingerprint density at radius 3 is 2.50 bits per heavy atom. The van der Waals surface area contributed by atoms with Gasteiger partial charge in [-0.3, -0.25) is 4.79 Å². The lowest BCUT2D eigenvalue weighted by Gasteiger charge is -2.22. The quantitative estimate of drug-likeness (QED) is 0.626. The van der Waals surface area contributed by atoms with Crippen molar-refractivity contribution in [3.63, 3.8) is 0 Å². The molecule has 0 aliphatic rings. The molecule has 0 spiro atoms. The van der Waals surface area contributed by atoms with Gasteiger partial charge in [0.1, 0.15) is 0 Å². The Labute approximate surface area is 99.8 Å². The zero-order valence-corrected chi connectivity index (χ0v) is 11.0. The van der Waals surface area contributed by atoms with Crippen molar-refractivity contribution < 1.29 is 9.90 Å². The number of hydrogen-bond donors (Lipinski definition) is 1. The van der Waals surface area contributed by atoms with Crippen molar-refractivity contribution in [2.24, 2.45) is 5.92 Å². The van der Waals surface area contributed by atoms with Gasteiger partial charge in [-0.25, -0.2) is 0 Å². The standard InChI is InChI=1S/C13H27NO2/c1-4-6-8-12(5-2)11-14(3)10-7-9-13(15)16/h12H,4-11H2,1-3H3,(H,15,16). The minimum atomic E-state index is -0.688. The summed E-state index contributed by atoms with van der Waals surface area (Å²) in [5.41, 5.74) is 0. The largest absolute Gasteiger partial charge is 0.481 e. The van der Waals surface area contributed by atoms with Crippen LogP contribution in [-0.2, 0) is 4.79 Å². The Morgan fingerprint density at radius 1 is 1.31 bits per heavy atom. The van der Waals surface area contributed by atoms with Gasteiger partial charge in [0.05, 0.1) is 0 Å². The first kappa shape index (κ1) is 15.4. The van der Waals surface area contributed by atoms with Crippen LogP contribution in [0.2, 0.25) is 0 Å². The Morgan fingerprint density at radius 2 is 2.00 bits per heavy atom. The first-order valence-corrected chi connectivity index (χ1v) is 6.50. The molecule has 1 N–H and O–H groups in total. The second kappa shape index (κ2) is 9.64. The van der Waals surface area contributed by atoms with Crippen molar-refractivity contribution in [3.05, 3.63) is 0 Å². The van der Waals surface area contributed by atoms with E-state index in [0.29, 0.717) is 0 Å². The fraction of sp³-hybridized carbons (Fsp3) is 0.923. The minimum Gasteiger partial charge on any atom is -0.481 e. The predicted molar refractivity (Wildman–Crippen MR) is 67.7 cm³/mol. The third-order valence-corrected chi connectivity index (χ3v) is 3.04. The van der Waals surface area contributed by atoms with E-state index in [1.54, 1.807) is 0 Å². The molecule has 0 aliphatic carbocycles.